The number of ether oxygens (including phenoxy) is 3. The van der Waals surface area contributed by atoms with Crippen molar-refractivity contribution in [1.82, 2.24) is 24.6 Å². The molecule has 0 aromatic carbocycles. The van der Waals surface area contributed by atoms with Crippen LogP contribution in [0.1, 0.15) is 20.3 Å². The Bertz CT molecular complexity index is 811. The predicted molar refractivity (Wildman–Crippen MR) is 97.9 cm³/mol. The van der Waals surface area contributed by atoms with Crippen molar-refractivity contribution >= 4 is 24.5 Å². The van der Waals surface area contributed by atoms with E-state index in [0.29, 0.717) is 36.7 Å². The van der Waals surface area contributed by atoms with Crippen molar-refractivity contribution in [1.29, 1.82) is 0 Å². The zero-order valence-electron chi connectivity index (χ0n) is 15.3. The Labute approximate surface area is 156 Å². The Kier molecular flexibility index (Phi) is 6.40. The smallest absolute Gasteiger partial charge is 0.292 e. The van der Waals surface area contributed by atoms with Gasteiger partial charge in [0, 0.05) is 0 Å². The molecule has 1 aliphatic heterocycles. The molecule has 1 unspecified atom stereocenters. The average Bonchev–Trinajstić information content (AvgIpc) is 3.05. The predicted octanol–water partition coefficient (Wildman–Crippen LogP) is 0.698. The highest BCUT2D eigenvalue weighted by molar-refractivity contribution is 7.55. The van der Waals surface area contributed by atoms with Crippen molar-refractivity contribution in [3.63, 3.8) is 0 Å². The fraction of sp³-hybridized carbons (Fsp3) is 0.667. The van der Waals surface area contributed by atoms with Crippen LogP contribution in [0.15, 0.2) is 12.7 Å². The Morgan fingerprint density at radius 1 is 1.41 bits per heavy atom. The molecular formula is C15H25N6O5P. The third-order valence-electron chi connectivity index (χ3n) is 4.08. The van der Waals surface area contributed by atoms with Crippen LogP contribution in [0.5, 0.6) is 0 Å². The first-order valence-electron chi connectivity index (χ1n) is 8.71. The van der Waals surface area contributed by atoms with Crippen molar-refractivity contribution < 1.29 is 23.7 Å². The molecule has 1 saturated heterocycles. The largest absolute Gasteiger partial charge is 0.382 e. The topological polar surface area (TPSA) is 147 Å². The molecule has 1 aliphatic rings. The lowest BCUT2D eigenvalue weighted by Crippen LogP contribution is -2.42. The van der Waals surface area contributed by atoms with Gasteiger partial charge in [-0.25, -0.2) is 20.0 Å². The van der Waals surface area contributed by atoms with Crippen LogP contribution < -0.4 is 10.8 Å². The average molecular weight is 400 g/mol. The fourth-order valence-electron chi connectivity index (χ4n) is 2.80. The zero-order valence-corrected chi connectivity index (χ0v) is 16.2. The van der Waals surface area contributed by atoms with Gasteiger partial charge in [-0.2, -0.15) is 0 Å². The van der Waals surface area contributed by atoms with Gasteiger partial charge in [-0.15, -0.1) is 0 Å². The van der Waals surface area contributed by atoms with Crippen molar-refractivity contribution in [2.75, 3.05) is 25.3 Å². The van der Waals surface area contributed by atoms with E-state index in [1.54, 1.807) is 24.7 Å². The first-order valence-corrected chi connectivity index (χ1v) is 10.6. The van der Waals surface area contributed by atoms with Crippen LogP contribution in [0.4, 0.5) is 5.82 Å². The molecule has 12 heteroatoms. The normalized spacial score (nSPS) is 20.4. The molecule has 0 bridgehead atoms. The highest BCUT2D eigenvalue weighted by Crippen LogP contribution is 2.37. The summed E-state index contributed by atoms with van der Waals surface area (Å²) in [6, 6.07) is -0.433. The summed E-state index contributed by atoms with van der Waals surface area (Å²) in [6.45, 7) is 5.09. The molecule has 2 aromatic rings. The number of nitrogens with zero attached hydrogens (tertiary/aromatic N) is 4. The van der Waals surface area contributed by atoms with Crippen molar-refractivity contribution in [3.05, 3.63) is 12.7 Å². The number of aromatic nitrogens is 4. The summed E-state index contributed by atoms with van der Waals surface area (Å²) in [4.78, 5) is 22.4. The molecule has 1 fully saturated rings. The first kappa shape index (κ1) is 20.1. The monoisotopic (exact) mass is 400 g/mol. The van der Waals surface area contributed by atoms with Crippen LogP contribution in [-0.2, 0) is 25.3 Å². The Balaban J connectivity index is 1.52. The molecule has 4 N–H and O–H groups in total. The molecule has 150 valence electrons. The number of nitrogens with two attached hydrogens (primary N) is 1. The minimum atomic E-state index is -3.72. The van der Waals surface area contributed by atoms with Crippen LogP contribution in [-0.4, -0.2) is 62.4 Å². The number of imidazole rings is 1. The van der Waals surface area contributed by atoms with Gasteiger partial charge in [0.2, 0.25) is 0 Å². The van der Waals surface area contributed by atoms with Crippen molar-refractivity contribution in [2.24, 2.45) is 0 Å². The molecule has 3 rings (SSSR count). The van der Waals surface area contributed by atoms with Gasteiger partial charge in [-0.05, 0) is 20.3 Å². The number of fused-ring (bicyclic) bond motifs is 1. The van der Waals surface area contributed by atoms with E-state index in [1.165, 1.54) is 6.33 Å². The third kappa shape index (κ3) is 5.22. The maximum absolute atomic E-state index is 12.4. The summed E-state index contributed by atoms with van der Waals surface area (Å²) in [5, 5.41) is 2.66. The SMILES string of the molecule is C[C@H](Cn1cnc2c(N)ncnc21)OCP(=O)(O)N[C@@H](C)C1OCCCO1. The summed E-state index contributed by atoms with van der Waals surface area (Å²) < 4.78 is 30.6. The van der Waals surface area contributed by atoms with Crippen LogP contribution in [0.3, 0.4) is 0 Å². The highest BCUT2D eigenvalue weighted by Gasteiger charge is 2.29. The first-order chi connectivity index (χ1) is 12.9. The molecule has 3 atom stereocenters. The van der Waals surface area contributed by atoms with E-state index in [2.05, 4.69) is 20.0 Å². The van der Waals surface area contributed by atoms with Crippen LogP contribution in [0.2, 0.25) is 0 Å². The number of nitrogens with one attached hydrogen (secondary N) is 1. The molecule has 27 heavy (non-hydrogen) atoms. The summed E-state index contributed by atoms with van der Waals surface area (Å²) >= 11 is 0. The van der Waals surface area contributed by atoms with Crippen LogP contribution >= 0.6 is 7.52 Å². The molecule has 3 heterocycles. The summed E-state index contributed by atoms with van der Waals surface area (Å²) in [5.41, 5.74) is 6.87. The van der Waals surface area contributed by atoms with Gasteiger partial charge in [-0.1, -0.05) is 0 Å². The van der Waals surface area contributed by atoms with Crippen molar-refractivity contribution in [2.45, 2.75) is 45.2 Å². The van der Waals surface area contributed by atoms with Gasteiger partial charge in [0.15, 0.2) is 17.8 Å². The number of anilines is 1. The second kappa shape index (κ2) is 8.59. The van der Waals surface area contributed by atoms with Gasteiger partial charge >= 0.3 is 0 Å². The molecule has 0 aliphatic carbocycles. The van der Waals surface area contributed by atoms with Gasteiger partial charge < -0.3 is 29.4 Å². The second-order valence-electron chi connectivity index (χ2n) is 6.52. The summed E-state index contributed by atoms with van der Waals surface area (Å²) in [7, 11) is -3.72. The quantitative estimate of drug-likeness (QED) is 0.541. The van der Waals surface area contributed by atoms with Gasteiger partial charge in [-0.3, -0.25) is 4.57 Å². The minimum Gasteiger partial charge on any atom is -0.382 e. The fourth-order valence-corrected chi connectivity index (χ4v) is 4.09. The Hall–Kier alpha value is -1.62. The number of rotatable bonds is 8. The molecule has 0 radical (unpaired) electrons. The number of nitrogen functional groups attached to an aromatic ring is 1. The number of hydrogen-bond donors (Lipinski definition) is 3. The third-order valence-corrected chi connectivity index (χ3v) is 5.39. The Morgan fingerprint density at radius 2 is 2.15 bits per heavy atom. The lowest BCUT2D eigenvalue weighted by atomic mass is 10.3. The molecule has 11 nitrogen and oxygen atoms in total. The molecule has 0 spiro atoms. The van der Waals surface area contributed by atoms with E-state index in [4.69, 9.17) is 19.9 Å². The van der Waals surface area contributed by atoms with Gasteiger partial charge in [0.25, 0.3) is 7.52 Å². The lowest BCUT2D eigenvalue weighted by molar-refractivity contribution is -0.188. The molecular weight excluding hydrogens is 375 g/mol. The Morgan fingerprint density at radius 3 is 2.89 bits per heavy atom. The van der Waals surface area contributed by atoms with Crippen molar-refractivity contribution in [3.8, 4) is 0 Å². The van der Waals surface area contributed by atoms with E-state index in [9.17, 15) is 9.46 Å². The minimum absolute atomic E-state index is 0.303. The lowest BCUT2D eigenvalue weighted by Gasteiger charge is -2.30. The van der Waals surface area contributed by atoms with E-state index < -0.39 is 19.9 Å². The maximum atomic E-state index is 12.4. The van der Waals surface area contributed by atoms with E-state index in [-0.39, 0.29) is 12.5 Å². The summed E-state index contributed by atoms with van der Waals surface area (Å²) in [5.74, 6) is 0.303. The molecule has 0 saturated carbocycles. The number of hydrogen-bond acceptors (Lipinski definition) is 8. The zero-order chi connectivity index (χ0) is 19.4. The standard InChI is InChI=1S/C15H25N6O5P/c1-10(6-21-8-19-12-13(16)17-7-18-14(12)21)26-9-27(22,23)20-11(2)15-24-4-3-5-25-15/h7-8,10-11,15H,3-6,9H2,1-2H3,(H2,16,17,18)(H2,20,22,23)/t10-,11+/m1/s1. The summed E-state index contributed by atoms with van der Waals surface area (Å²) in [6.07, 6.45) is 2.54. The highest BCUT2D eigenvalue weighted by atomic mass is 31.2. The van der Waals surface area contributed by atoms with Gasteiger partial charge in [0.1, 0.15) is 18.2 Å². The van der Waals surface area contributed by atoms with E-state index >= 15 is 0 Å². The van der Waals surface area contributed by atoms with Gasteiger partial charge in [0.05, 0.1) is 38.2 Å². The second-order valence-corrected chi connectivity index (χ2v) is 8.44. The van der Waals surface area contributed by atoms with Crippen LogP contribution in [0.25, 0.3) is 11.2 Å². The van der Waals surface area contributed by atoms with E-state index in [1.807, 2.05) is 0 Å². The molecule has 2 aromatic heterocycles. The molecule has 0 amide bonds. The van der Waals surface area contributed by atoms with Crippen LogP contribution in [0, 0.1) is 0 Å². The van der Waals surface area contributed by atoms with E-state index in [0.717, 1.165) is 6.42 Å². The maximum Gasteiger partial charge on any atom is 0.292 e.